The first-order valence-electron chi connectivity index (χ1n) is 9.81. The minimum Gasteiger partial charge on any atom is -0.497 e. The largest absolute Gasteiger partial charge is 0.497 e. The van der Waals surface area contributed by atoms with Gasteiger partial charge in [-0.2, -0.15) is 5.26 Å². The van der Waals surface area contributed by atoms with Crippen molar-refractivity contribution in [2.45, 2.75) is 0 Å². The molecule has 4 rings (SSSR count). The van der Waals surface area contributed by atoms with Crippen molar-refractivity contribution in [3.63, 3.8) is 0 Å². The van der Waals surface area contributed by atoms with Gasteiger partial charge in [-0.15, -0.1) is 0 Å². The second kappa shape index (κ2) is 8.39. The molecule has 7 heteroatoms. The summed E-state index contributed by atoms with van der Waals surface area (Å²) in [6, 6.07) is 16.6. The molecule has 2 heterocycles. The summed E-state index contributed by atoms with van der Waals surface area (Å²) >= 11 is 0. The van der Waals surface area contributed by atoms with Crippen molar-refractivity contribution in [3.8, 4) is 34.2 Å². The summed E-state index contributed by atoms with van der Waals surface area (Å²) in [4.78, 5) is 18.2. The average molecular weight is 401 g/mol. The molecule has 30 heavy (non-hydrogen) atoms. The van der Waals surface area contributed by atoms with E-state index < -0.39 is 0 Å². The highest BCUT2D eigenvalue weighted by Crippen LogP contribution is 2.30. The lowest BCUT2D eigenvalue weighted by Gasteiger charge is -2.27. The second-order valence-corrected chi connectivity index (χ2v) is 7.35. The van der Waals surface area contributed by atoms with E-state index in [-0.39, 0.29) is 5.56 Å². The minimum atomic E-state index is -0.135. The molecular weight excluding hydrogens is 378 g/mol. The Morgan fingerprint density at radius 1 is 1.17 bits per heavy atom. The van der Waals surface area contributed by atoms with Crippen molar-refractivity contribution < 1.29 is 4.74 Å². The Morgan fingerprint density at radius 2 is 1.83 bits per heavy atom. The molecule has 0 spiro atoms. The Kier molecular flexibility index (Phi) is 5.50. The maximum absolute atomic E-state index is 13.4. The van der Waals surface area contributed by atoms with Crippen LogP contribution in [0.3, 0.4) is 0 Å². The third kappa shape index (κ3) is 3.78. The van der Waals surface area contributed by atoms with Gasteiger partial charge in [-0.05, 0) is 29.8 Å². The summed E-state index contributed by atoms with van der Waals surface area (Å²) < 4.78 is 6.80. The van der Waals surface area contributed by atoms with Crippen LogP contribution in [0.25, 0.3) is 22.4 Å². The second-order valence-electron chi connectivity index (χ2n) is 7.35. The zero-order chi connectivity index (χ0) is 21.1. The summed E-state index contributed by atoms with van der Waals surface area (Å²) in [6.45, 7) is 2.68. The van der Waals surface area contributed by atoms with Gasteiger partial charge in [0.1, 0.15) is 5.75 Å². The van der Waals surface area contributed by atoms with Gasteiger partial charge in [0.25, 0.3) is 5.56 Å². The predicted octanol–water partition coefficient (Wildman–Crippen LogP) is 2.63. The summed E-state index contributed by atoms with van der Waals surface area (Å²) in [7, 11) is 3.34. The van der Waals surface area contributed by atoms with Crippen LogP contribution in [-0.4, -0.2) is 36.3 Å². The Bertz CT molecular complexity index is 1140. The normalized spacial score (nSPS) is 13.4. The van der Waals surface area contributed by atoms with Gasteiger partial charge in [0.15, 0.2) is 0 Å². The van der Waals surface area contributed by atoms with E-state index in [0.717, 1.165) is 36.5 Å². The van der Waals surface area contributed by atoms with Gasteiger partial charge in [-0.3, -0.25) is 9.36 Å². The average Bonchev–Trinajstić information content (AvgIpc) is 2.75. The van der Waals surface area contributed by atoms with Crippen molar-refractivity contribution in [1.29, 1.82) is 5.26 Å². The highest BCUT2D eigenvalue weighted by Gasteiger charge is 2.20. The summed E-state index contributed by atoms with van der Waals surface area (Å²) in [5.74, 6) is 1.78. The van der Waals surface area contributed by atoms with E-state index in [1.807, 2.05) is 36.4 Å². The van der Waals surface area contributed by atoms with Gasteiger partial charge in [0, 0.05) is 38.2 Å². The Morgan fingerprint density at radius 3 is 2.40 bits per heavy atom. The smallest absolute Gasteiger partial charge is 0.263 e. The van der Waals surface area contributed by atoms with Crippen LogP contribution in [0.5, 0.6) is 5.75 Å². The number of anilines is 1. The number of hydrogen-bond donors (Lipinski definition) is 2. The first-order valence-corrected chi connectivity index (χ1v) is 9.81. The zero-order valence-electron chi connectivity index (χ0n) is 17.0. The van der Waals surface area contributed by atoms with Crippen LogP contribution >= 0.6 is 0 Å². The standard InChI is InChI=1S/C23H23N5O2/c1-28-22(29)20(17-7-9-19(30-2)10-8-17)21(18-5-3-15(11-24)4-6-18)27-23(28)26-14-16-12-25-13-16/h3-10,16,25H,12-14H2,1-2H3,(H,26,27). The molecule has 0 aliphatic carbocycles. The van der Waals surface area contributed by atoms with Gasteiger partial charge in [0.2, 0.25) is 5.95 Å². The van der Waals surface area contributed by atoms with Crippen LogP contribution in [0.1, 0.15) is 5.56 Å². The minimum absolute atomic E-state index is 0.135. The molecule has 0 bridgehead atoms. The van der Waals surface area contributed by atoms with E-state index in [1.54, 1.807) is 30.9 Å². The van der Waals surface area contributed by atoms with Crippen LogP contribution < -0.4 is 20.9 Å². The Labute approximate surface area is 175 Å². The number of ether oxygens (including phenoxy) is 1. The fourth-order valence-corrected chi connectivity index (χ4v) is 3.42. The molecule has 7 nitrogen and oxygen atoms in total. The lowest BCUT2D eigenvalue weighted by atomic mass is 9.99. The molecule has 0 atom stereocenters. The SMILES string of the molecule is COc1ccc(-c2c(-c3ccc(C#N)cc3)nc(NCC3CNC3)n(C)c2=O)cc1. The molecule has 1 aliphatic heterocycles. The number of benzene rings is 2. The lowest BCUT2D eigenvalue weighted by molar-refractivity contribution is 0.364. The van der Waals surface area contributed by atoms with Crippen molar-refractivity contribution in [1.82, 2.24) is 14.9 Å². The van der Waals surface area contributed by atoms with Crippen molar-refractivity contribution in [2.75, 3.05) is 32.1 Å². The van der Waals surface area contributed by atoms with E-state index in [1.165, 1.54) is 0 Å². The monoisotopic (exact) mass is 401 g/mol. The molecule has 2 aromatic carbocycles. The molecule has 0 amide bonds. The first kappa shape index (κ1) is 19.7. The quantitative estimate of drug-likeness (QED) is 0.660. The number of nitriles is 1. The number of methoxy groups -OCH3 is 1. The van der Waals surface area contributed by atoms with Gasteiger partial charge in [-0.25, -0.2) is 4.98 Å². The maximum atomic E-state index is 13.4. The number of nitrogens with one attached hydrogen (secondary N) is 2. The fraction of sp³-hybridized carbons (Fsp3) is 0.261. The van der Waals surface area contributed by atoms with Crippen molar-refractivity contribution in [3.05, 3.63) is 64.4 Å². The molecule has 1 fully saturated rings. The number of aromatic nitrogens is 2. The van der Waals surface area contributed by atoms with Gasteiger partial charge in [-0.1, -0.05) is 24.3 Å². The molecule has 3 aromatic rings. The van der Waals surface area contributed by atoms with E-state index in [2.05, 4.69) is 16.7 Å². The molecule has 0 saturated carbocycles. The van der Waals surface area contributed by atoms with Crippen LogP contribution in [0.2, 0.25) is 0 Å². The third-order valence-corrected chi connectivity index (χ3v) is 5.37. The van der Waals surface area contributed by atoms with E-state index in [4.69, 9.17) is 15.0 Å². The van der Waals surface area contributed by atoms with E-state index in [9.17, 15) is 4.79 Å². The highest BCUT2D eigenvalue weighted by molar-refractivity contribution is 5.81. The van der Waals surface area contributed by atoms with E-state index >= 15 is 0 Å². The highest BCUT2D eigenvalue weighted by atomic mass is 16.5. The van der Waals surface area contributed by atoms with Crippen LogP contribution in [0, 0.1) is 17.2 Å². The lowest BCUT2D eigenvalue weighted by Crippen LogP contribution is -2.45. The molecule has 2 N–H and O–H groups in total. The molecular formula is C23H23N5O2. The molecule has 0 radical (unpaired) electrons. The zero-order valence-corrected chi connectivity index (χ0v) is 17.0. The van der Waals surface area contributed by atoms with E-state index in [0.29, 0.717) is 28.7 Å². The number of nitrogens with zero attached hydrogens (tertiary/aromatic N) is 3. The van der Waals surface area contributed by atoms with Crippen molar-refractivity contribution in [2.24, 2.45) is 13.0 Å². The van der Waals surface area contributed by atoms with Crippen LogP contribution in [0.15, 0.2) is 53.3 Å². The van der Waals surface area contributed by atoms with Gasteiger partial charge < -0.3 is 15.4 Å². The topological polar surface area (TPSA) is 92.0 Å². The summed E-state index contributed by atoms with van der Waals surface area (Å²) in [5.41, 5.74) is 3.07. The molecule has 1 saturated heterocycles. The molecule has 0 unspecified atom stereocenters. The summed E-state index contributed by atoms with van der Waals surface area (Å²) in [5, 5.41) is 15.7. The summed E-state index contributed by atoms with van der Waals surface area (Å²) in [6.07, 6.45) is 0. The molecule has 1 aromatic heterocycles. The Balaban J connectivity index is 1.84. The third-order valence-electron chi connectivity index (χ3n) is 5.37. The molecule has 1 aliphatic rings. The first-order chi connectivity index (χ1) is 14.6. The Hall–Kier alpha value is -3.63. The molecule has 152 valence electrons. The number of hydrogen-bond acceptors (Lipinski definition) is 6. The fourth-order valence-electron chi connectivity index (χ4n) is 3.42. The van der Waals surface area contributed by atoms with Crippen LogP contribution in [0.4, 0.5) is 5.95 Å². The van der Waals surface area contributed by atoms with Gasteiger partial charge in [0.05, 0.1) is 30.0 Å². The van der Waals surface area contributed by atoms with Gasteiger partial charge >= 0.3 is 0 Å². The predicted molar refractivity (Wildman–Crippen MR) is 116 cm³/mol. The van der Waals surface area contributed by atoms with Crippen LogP contribution in [-0.2, 0) is 7.05 Å². The van der Waals surface area contributed by atoms with Crippen molar-refractivity contribution >= 4 is 5.95 Å². The number of rotatable bonds is 6. The maximum Gasteiger partial charge on any atom is 0.263 e.